The quantitative estimate of drug-likeness (QED) is 0.793. The summed E-state index contributed by atoms with van der Waals surface area (Å²) in [5.41, 5.74) is 7.52. The number of hydrazine groups is 1. The maximum Gasteiger partial charge on any atom is 0.241 e. The van der Waals surface area contributed by atoms with Crippen LogP contribution in [0.5, 0.6) is 11.5 Å². The number of aromatic nitrogens is 2. The monoisotopic (exact) mass is 384 g/mol. The Morgan fingerprint density at radius 3 is 2.75 bits per heavy atom. The number of carbonyl (C=O) groups is 1. The summed E-state index contributed by atoms with van der Waals surface area (Å²) in [5, 5.41) is 0. The molecule has 4 heterocycles. The van der Waals surface area contributed by atoms with Crippen LogP contribution in [0.15, 0.2) is 30.6 Å². The summed E-state index contributed by atoms with van der Waals surface area (Å²) in [6.07, 6.45) is 4.45. The highest BCUT2D eigenvalue weighted by atomic mass is 16.7. The normalized spacial score (nSPS) is 24.0. The van der Waals surface area contributed by atoms with E-state index < -0.39 is 0 Å². The van der Waals surface area contributed by atoms with Crippen molar-refractivity contribution in [1.29, 1.82) is 0 Å². The van der Waals surface area contributed by atoms with Gasteiger partial charge in [0.15, 0.2) is 11.5 Å². The van der Waals surface area contributed by atoms with E-state index in [-0.39, 0.29) is 24.8 Å². The minimum Gasteiger partial charge on any atom is -0.454 e. The van der Waals surface area contributed by atoms with Crippen LogP contribution in [0.1, 0.15) is 18.0 Å². The van der Waals surface area contributed by atoms with Crippen molar-refractivity contribution in [1.82, 2.24) is 25.3 Å². The van der Waals surface area contributed by atoms with Gasteiger partial charge in [-0.05, 0) is 24.1 Å². The molecule has 1 aromatic heterocycles. The Bertz CT molecular complexity index is 876. The second kappa shape index (κ2) is 6.99. The molecule has 0 bridgehead atoms. The zero-order valence-corrected chi connectivity index (χ0v) is 15.8. The Kier molecular flexibility index (Phi) is 4.33. The Balaban J connectivity index is 1.19. The lowest BCUT2D eigenvalue weighted by molar-refractivity contribution is -0.133. The van der Waals surface area contributed by atoms with E-state index in [0.29, 0.717) is 19.5 Å². The smallest absolute Gasteiger partial charge is 0.241 e. The number of anilines is 1. The van der Waals surface area contributed by atoms with E-state index >= 15 is 0 Å². The van der Waals surface area contributed by atoms with E-state index in [0.717, 1.165) is 36.1 Å². The second-order valence-electron chi connectivity index (χ2n) is 7.39. The lowest BCUT2D eigenvalue weighted by atomic mass is 10.0. The maximum absolute atomic E-state index is 13.0. The third-order valence-electron chi connectivity index (χ3n) is 5.67. The Hall–Kier alpha value is -2.78. The Labute approximate surface area is 163 Å². The number of imidazole rings is 1. The van der Waals surface area contributed by atoms with Crippen LogP contribution in [0.2, 0.25) is 0 Å². The highest BCUT2D eigenvalue weighted by molar-refractivity contribution is 5.82. The average Bonchev–Trinajstić information content (AvgIpc) is 3.47. The molecule has 9 heteroatoms. The number of hydrogen-bond acceptors (Lipinski definition) is 7. The van der Waals surface area contributed by atoms with E-state index in [1.165, 1.54) is 0 Å². The third-order valence-corrected chi connectivity index (χ3v) is 5.67. The van der Waals surface area contributed by atoms with Crippen molar-refractivity contribution in [2.24, 2.45) is 7.05 Å². The van der Waals surface area contributed by atoms with E-state index in [2.05, 4.69) is 20.7 Å². The summed E-state index contributed by atoms with van der Waals surface area (Å²) in [6.45, 7) is 3.27. The highest BCUT2D eigenvalue weighted by Gasteiger charge is 2.35. The van der Waals surface area contributed by atoms with Crippen molar-refractivity contribution in [2.75, 3.05) is 37.9 Å². The first-order valence-electron chi connectivity index (χ1n) is 9.61. The number of ether oxygens (including phenoxy) is 2. The molecule has 28 heavy (non-hydrogen) atoms. The highest BCUT2D eigenvalue weighted by Crippen LogP contribution is 2.35. The van der Waals surface area contributed by atoms with Gasteiger partial charge in [-0.2, -0.15) is 0 Å². The van der Waals surface area contributed by atoms with Gasteiger partial charge in [-0.3, -0.25) is 4.79 Å². The molecule has 1 aromatic carbocycles. The van der Waals surface area contributed by atoms with Gasteiger partial charge in [-0.1, -0.05) is 6.07 Å². The minimum absolute atomic E-state index is 0.0670. The number of nitrogens with one attached hydrogen (secondary N) is 2. The largest absolute Gasteiger partial charge is 0.454 e. The molecule has 148 valence electrons. The van der Waals surface area contributed by atoms with Gasteiger partial charge in [0.2, 0.25) is 18.6 Å². The van der Waals surface area contributed by atoms with Gasteiger partial charge < -0.3 is 23.8 Å². The Morgan fingerprint density at radius 2 is 1.96 bits per heavy atom. The summed E-state index contributed by atoms with van der Waals surface area (Å²) >= 11 is 0. The van der Waals surface area contributed by atoms with Gasteiger partial charge in [0.1, 0.15) is 6.04 Å². The fourth-order valence-electron chi connectivity index (χ4n) is 4.08. The maximum atomic E-state index is 13.0. The van der Waals surface area contributed by atoms with Crippen molar-refractivity contribution in [2.45, 2.75) is 18.5 Å². The molecule has 3 aliphatic rings. The zero-order chi connectivity index (χ0) is 19.1. The predicted molar refractivity (Wildman–Crippen MR) is 102 cm³/mol. The molecule has 5 rings (SSSR count). The van der Waals surface area contributed by atoms with Crippen molar-refractivity contribution in [3.63, 3.8) is 0 Å². The number of carbonyl (C=O) groups excluding carboxylic acids is 1. The summed E-state index contributed by atoms with van der Waals surface area (Å²) < 4.78 is 12.8. The van der Waals surface area contributed by atoms with Crippen LogP contribution in [0.4, 0.5) is 5.95 Å². The summed E-state index contributed by atoms with van der Waals surface area (Å²) in [7, 11) is 1.99. The molecule has 9 nitrogen and oxygen atoms in total. The molecule has 0 aliphatic carbocycles. The first-order valence-corrected chi connectivity index (χ1v) is 9.61. The molecule has 1 amide bonds. The topological polar surface area (TPSA) is 83.9 Å². The van der Waals surface area contributed by atoms with Crippen LogP contribution in [0.25, 0.3) is 0 Å². The van der Waals surface area contributed by atoms with Crippen molar-refractivity contribution >= 4 is 11.9 Å². The van der Waals surface area contributed by atoms with E-state index in [4.69, 9.17) is 9.47 Å². The first-order chi connectivity index (χ1) is 13.7. The fraction of sp³-hybridized carbons (Fsp3) is 0.474. The van der Waals surface area contributed by atoms with Gasteiger partial charge in [-0.15, -0.1) is 0 Å². The number of hydrogen-bond donors (Lipinski definition) is 2. The van der Waals surface area contributed by atoms with Crippen LogP contribution in [0, 0.1) is 0 Å². The number of rotatable bonds is 3. The van der Waals surface area contributed by atoms with Gasteiger partial charge in [-0.25, -0.2) is 15.8 Å². The molecule has 2 atom stereocenters. The molecule has 2 N–H and O–H groups in total. The number of piperazine rings is 1. The number of benzene rings is 1. The molecular weight excluding hydrogens is 360 g/mol. The van der Waals surface area contributed by atoms with Crippen LogP contribution < -0.4 is 25.2 Å². The lowest BCUT2D eigenvalue weighted by Gasteiger charge is -2.36. The molecular formula is C19H24N6O3. The van der Waals surface area contributed by atoms with Crippen molar-refractivity contribution in [3.05, 3.63) is 36.2 Å². The summed E-state index contributed by atoms with van der Waals surface area (Å²) in [5.74, 6) is 2.64. The molecule has 2 aromatic rings. The fourth-order valence-corrected chi connectivity index (χ4v) is 4.08. The van der Waals surface area contributed by atoms with Crippen LogP contribution in [0.3, 0.4) is 0 Å². The molecule has 2 saturated heterocycles. The van der Waals surface area contributed by atoms with Gasteiger partial charge in [0.25, 0.3) is 0 Å². The van der Waals surface area contributed by atoms with Crippen LogP contribution in [-0.2, 0) is 11.8 Å². The van der Waals surface area contributed by atoms with E-state index in [1.807, 2.05) is 40.9 Å². The van der Waals surface area contributed by atoms with Crippen molar-refractivity contribution < 1.29 is 14.3 Å². The third kappa shape index (κ3) is 3.06. The minimum atomic E-state index is -0.227. The van der Waals surface area contributed by atoms with Gasteiger partial charge in [0.05, 0.1) is 0 Å². The number of fused-ring (bicyclic) bond motifs is 1. The molecule has 0 radical (unpaired) electrons. The van der Waals surface area contributed by atoms with Crippen molar-refractivity contribution in [3.8, 4) is 11.5 Å². The molecule has 2 fully saturated rings. The van der Waals surface area contributed by atoms with Crippen LogP contribution in [-0.4, -0.2) is 59.4 Å². The molecule has 3 aliphatic heterocycles. The molecule has 2 unspecified atom stereocenters. The van der Waals surface area contributed by atoms with E-state index in [9.17, 15) is 4.79 Å². The van der Waals surface area contributed by atoms with Gasteiger partial charge in [0, 0.05) is 51.7 Å². The summed E-state index contributed by atoms with van der Waals surface area (Å²) in [6, 6.07) is 5.77. The first kappa shape index (κ1) is 17.3. The molecule has 0 spiro atoms. The average molecular weight is 384 g/mol. The Morgan fingerprint density at radius 1 is 1.14 bits per heavy atom. The second-order valence-corrected chi connectivity index (χ2v) is 7.39. The number of nitrogens with zero attached hydrogens (tertiary/aromatic N) is 4. The molecule has 0 saturated carbocycles. The summed E-state index contributed by atoms with van der Waals surface area (Å²) in [4.78, 5) is 21.5. The standard InChI is InChI=1S/C19H24N6O3/c1-23-5-4-20-19(23)25-8-6-24(7-9-25)18(26)15-11-14(21-22-15)13-2-3-16-17(10-13)28-12-27-16/h2-5,10,14-15,21-22H,6-9,11-12H2,1H3. The lowest BCUT2D eigenvalue weighted by Crippen LogP contribution is -2.54. The predicted octanol–water partition coefficient (Wildman–Crippen LogP) is 0.405. The van der Waals surface area contributed by atoms with E-state index in [1.54, 1.807) is 6.20 Å². The SMILES string of the molecule is Cn1ccnc1N1CCN(C(=O)C2CC(c3ccc4c(c3)OCO4)NN2)CC1. The van der Waals surface area contributed by atoms with Gasteiger partial charge >= 0.3 is 0 Å². The number of aryl methyl sites for hydroxylation is 1. The zero-order valence-electron chi connectivity index (χ0n) is 15.8. The number of amides is 1. The van der Waals surface area contributed by atoms with Crippen LogP contribution >= 0.6 is 0 Å².